The number of carbonyl (C=O) groups is 3. The molecule has 1 aromatic carbocycles. The Bertz CT molecular complexity index is 591. The van der Waals surface area contributed by atoms with Crippen molar-refractivity contribution in [1.29, 1.82) is 0 Å². The van der Waals surface area contributed by atoms with Crippen LogP contribution in [0.25, 0.3) is 0 Å². The molecule has 7 heteroatoms. The summed E-state index contributed by atoms with van der Waals surface area (Å²) in [5.41, 5.74) is 0.450. The monoisotopic (exact) mass is 368 g/mol. The highest BCUT2D eigenvalue weighted by molar-refractivity contribution is 9.10. The highest BCUT2D eigenvalue weighted by Crippen LogP contribution is 2.25. The SMILES string of the molecule is O=C(CNC(=O)c1cccc(Br)c1)N[C@H]1CCC[C@H]1C(=O)O. The lowest BCUT2D eigenvalue weighted by Gasteiger charge is -2.17. The van der Waals surface area contributed by atoms with Gasteiger partial charge < -0.3 is 15.7 Å². The first kappa shape index (κ1) is 16.5. The van der Waals surface area contributed by atoms with Crippen molar-refractivity contribution in [2.24, 2.45) is 5.92 Å². The molecule has 1 saturated carbocycles. The van der Waals surface area contributed by atoms with Gasteiger partial charge in [0.25, 0.3) is 5.91 Å². The van der Waals surface area contributed by atoms with Gasteiger partial charge in [0.1, 0.15) is 0 Å². The fourth-order valence-corrected chi connectivity index (χ4v) is 2.98. The predicted octanol–water partition coefficient (Wildman–Crippen LogP) is 1.55. The molecule has 0 saturated heterocycles. The molecule has 118 valence electrons. The number of halogens is 1. The zero-order chi connectivity index (χ0) is 16.1. The number of hydrogen-bond donors (Lipinski definition) is 3. The molecule has 1 aromatic rings. The van der Waals surface area contributed by atoms with Crippen LogP contribution >= 0.6 is 15.9 Å². The van der Waals surface area contributed by atoms with Crippen LogP contribution in [0.5, 0.6) is 0 Å². The van der Waals surface area contributed by atoms with E-state index in [0.29, 0.717) is 18.4 Å². The standard InChI is InChI=1S/C15H17BrN2O4/c16-10-4-1-3-9(7-10)14(20)17-8-13(19)18-12-6-2-5-11(12)15(21)22/h1,3-4,7,11-12H,2,5-6,8H2,(H,17,20)(H,18,19)(H,21,22)/t11-,12+/m1/s1. The summed E-state index contributed by atoms with van der Waals surface area (Å²) in [5, 5.41) is 14.3. The minimum atomic E-state index is -0.888. The third-order valence-corrected chi connectivity index (χ3v) is 4.17. The molecule has 0 unspecified atom stereocenters. The molecule has 2 atom stereocenters. The Balaban J connectivity index is 1.83. The highest BCUT2D eigenvalue weighted by atomic mass is 79.9. The van der Waals surface area contributed by atoms with Gasteiger partial charge in [0.2, 0.25) is 5.91 Å². The lowest BCUT2D eigenvalue weighted by Crippen LogP contribution is -2.44. The first-order chi connectivity index (χ1) is 10.5. The van der Waals surface area contributed by atoms with Gasteiger partial charge in [-0.3, -0.25) is 14.4 Å². The maximum absolute atomic E-state index is 11.9. The van der Waals surface area contributed by atoms with Crippen LogP contribution in [0.15, 0.2) is 28.7 Å². The maximum Gasteiger partial charge on any atom is 0.308 e. The van der Waals surface area contributed by atoms with Crippen molar-refractivity contribution in [3.05, 3.63) is 34.3 Å². The van der Waals surface area contributed by atoms with Crippen molar-refractivity contribution in [1.82, 2.24) is 10.6 Å². The summed E-state index contributed by atoms with van der Waals surface area (Å²) in [4.78, 5) is 34.8. The summed E-state index contributed by atoms with van der Waals surface area (Å²) in [6.45, 7) is -0.172. The maximum atomic E-state index is 11.9. The van der Waals surface area contributed by atoms with E-state index in [1.807, 2.05) is 0 Å². The molecule has 0 heterocycles. The Kier molecular flexibility index (Phi) is 5.54. The average molecular weight is 369 g/mol. The summed E-state index contributed by atoms with van der Waals surface area (Å²) in [7, 11) is 0. The van der Waals surface area contributed by atoms with Gasteiger partial charge in [0, 0.05) is 16.1 Å². The minimum Gasteiger partial charge on any atom is -0.481 e. The van der Waals surface area contributed by atoms with E-state index < -0.39 is 11.9 Å². The van der Waals surface area contributed by atoms with Crippen LogP contribution in [0, 0.1) is 5.92 Å². The first-order valence-corrected chi connectivity index (χ1v) is 7.82. The van der Waals surface area contributed by atoms with Crippen molar-refractivity contribution in [3.8, 4) is 0 Å². The summed E-state index contributed by atoms with van der Waals surface area (Å²) in [6, 6.07) is 6.48. The topological polar surface area (TPSA) is 95.5 Å². The van der Waals surface area contributed by atoms with Crippen LogP contribution in [0.1, 0.15) is 29.6 Å². The van der Waals surface area contributed by atoms with Crippen LogP contribution in [-0.4, -0.2) is 35.5 Å². The van der Waals surface area contributed by atoms with E-state index in [-0.39, 0.29) is 24.4 Å². The van der Waals surface area contributed by atoms with Gasteiger partial charge in [-0.05, 0) is 31.0 Å². The molecule has 22 heavy (non-hydrogen) atoms. The lowest BCUT2D eigenvalue weighted by atomic mass is 10.0. The van der Waals surface area contributed by atoms with Gasteiger partial charge >= 0.3 is 5.97 Å². The Morgan fingerprint density at radius 2 is 2.05 bits per heavy atom. The van der Waals surface area contributed by atoms with Crippen molar-refractivity contribution in [3.63, 3.8) is 0 Å². The van der Waals surface area contributed by atoms with E-state index in [0.717, 1.165) is 10.9 Å². The van der Waals surface area contributed by atoms with Crippen molar-refractivity contribution in [2.75, 3.05) is 6.54 Å². The summed E-state index contributed by atoms with van der Waals surface area (Å²) in [6.07, 6.45) is 2.01. The summed E-state index contributed by atoms with van der Waals surface area (Å²) in [5.74, 6) is -2.15. The zero-order valence-corrected chi connectivity index (χ0v) is 13.4. The van der Waals surface area contributed by atoms with Gasteiger partial charge in [-0.1, -0.05) is 28.4 Å². The Labute approximate surface area is 136 Å². The van der Waals surface area contributed by atoms with Crippen LogP contribution in [-0.2, 0) is 9.59 Å². The Hall–Kier alpha value is -1.89. The van der Waals surface area contributed by atoms with Crippen molar-refractivity contribution < 1.29 is 19.5 Å². The first-order valence-electron chi connectivity index (χ1n) is 7.03. The molecule has 1 aliphatic carbocycles. The van der Waals surface area contributed by atoms with E-state index in [9.17, 15) is 14.4 Å². The third kappa shape index (κ3) is 4.30. The van der Waals surface area contributed by atoms with E-state index in [4.69, 9.17) is 5.11 Å². The minimum absolute atomic E-state index is 0.172. The second kappa shape index (κ2) is 7.40. The molecule has 3 N–H and O–H groups in total. The van der Waals surface area contributed by atoms with Gasteiger partial charge in [0.05, 0.1) is 12.5 Å². The van der Waals surface area contributed by atoms with Crippen LogP contribution < -0.4 is 10.6 Å². The van der Waals surface area contributed by atoms with Crippen LogP contribution in [0.4, 0.5) is 0 Å². The molecule has 2 amide bonds. The quantitative estimate of drug-likeness (QED) is 0.734. The number of aliphatic carboxylic acids is 1. The summed E-state index contributed by atoms with van der Waals surface area (Å²) < 4.78 is 0.778. The Morgan fingerprint density at radius 3 is 2.73 bits per heavy atom. The number of hydrogen-bond acceptors (Lipinski definition) is 3. The van der Waals surface area contributed by atoms with Gasteiger partial charge in [-0.25, -0.2) is 0 Å². The van der Waals surface area contributed by atoms with Gasteiger partial charge in [0.15, 0.2) is 0 Å². The Morgan fingerprint density at radius 1 is 1.27 bits per heavy atom. The highest BCUT2D eigenvalue weighted by Gasteiger charge is 2.33. The molecular formula is C15H17BrN2O4. The number of nitrogens with one attached hydrogen (secondary N) is 2. The lowest BCUT2D eigenvalue weighted by molar-refractivity contribution is -0.142. The number of carbonyl (C=O) groups excluding carboxylic acids is 2. The molecule has 0 aromatic heterocycles. The molecule has 0 spiro atoms. The van der Waals surface area contributed by atoms with E-state index in [2.05, 4.69) is 26.6 Å². The largest absolute Gasteiger partial charge is 0.481 e. The number of carboxylic acid groups (broad SMARTS) is 1. The fourth-order valence-electron chi connectivity index (χ4n) is 2.58. The predicted molar refractivity (Wildman–Crippen MR) is 83.4 cm³/mol. The number of amides is 2. The second-order valence-electron chi connectivity index (χ2n) is 5.24. The van der Waals surface area contributed by atoms with E-state index in [1.54, 1.807) is 24.3 Å². The normalized spacial score (nSPS) is 20.4. The molecule has 0 radical (unpaired) electrons. The van der Waals surface area contributed by atoms with Crippen molar-refractivity contribution >= 4 is 33.7 Å². The zero-order valence-electron chi connectivity index (χ0n) is 11.8. The second-order valence-corrected chi connectivity index (χ2v) is 6.16. The molecule has 1 aliphatic rings. The molecule has 6 nitrogen and oxygen atoms in total. The van der Waals surface area contributed by atoms with Crippen LogP contribution in [0.3, 0.4) is 0 Å². The number of rotatable bonds is 5. The molecule has 2 rings (SSSR count). The number of carboxylic acids is 1. The molecule has 1 fully saturated rings. The smallest absolute Gasteiger partial charge is 0.308 e. The van der Waals surface area contributed by atoms with Gasteiger partial charge in [-0.2, -0.15) is 0 Å². The van der Waals surface area contributed by atoms with Crippen molar-refractivity contribution in [2.45, 2.75) is 25.3 Å². The third-order valence-electron chi connectivity index (χ3n) is 3.68. The van der Waals surface area contributed by atoms with E-state index >= 15 is 0 Å². The van der Waals surface area contributed by atoms with E-state index in [1.165, 1.54) is 0 Å². The summed E-state index contributed by atoms with van der Waals surface area (Å²) >= 11 is 3.27. The molecule has 0 aliphatic heterocycles. The average Bonchev–Trinajstić information content (AvgIpc) is 2.93. The van der Waals surface area contributed by atoms with Gasteiger partial charge in [-0.15, -0.1) is 0 Å². The molecular weight excluding hydrogens is 352 g/mol. The molecule has 0 bridgehead atoms. The van der Waals surface area contributed by atoms with Crippen LogP contribution in [0.2, 0.25) is 0 Å². The fraction of sp³-hybridized carbons (Fsp3) is 0.400. The number of benzene rings is 1.